The highest BCUT2D eigenvalue weighted by Crippen LogP contribution is 2.31. The largest absolute Gasteiger partial charge is 0.490 e. The molecule has 0 radical (unpaired) electrons. The topological polar surface area (TPSA) is 39.4 Å². The Kier molecular flexibility index (Phi) is 3.49. The molecule has 3 rings (SSSR count). The molecule has 0 N–H and O–H groups in total. The molecule has 2 aromatic carbocycles. The van der Waals surface area contributed by atoms with Gasteiger partial charge < -0.3 is 9.15 Å². The predicted molar refractivity (Wildman–Crippen MR) is 88.7 cm³/mol. The van der Waals surface area contributed by atoms with Gasteiger partial charge in [0.15, 0.2) is 5.76 Å². The summed E-state index contributed by atoms with van der Waals surface area (Å²) in [6.07, 6.45) is 0. The normalized spacial score (nSPS) is 10.9. The molecule has 0 bridgehead atoms. The van der Waals surface area contributed by atoms with Crippen LogP contribution in [0, 0.1) is 20.8 Å². The number of methoxy groups -OCH3 is 1. The van der Waals surface area contributed by atoms with E-state index in [4.69, 9.17) is 9.15 Å². The zero-order valence-electron chi connectivity index (χ0n) is 13.2. The Morgan fingerprint density at radius 3 is 2.41 bits per heavy atom. The molecular formula is C19H18O3. The Balaban J connectivity index is 2.36. The van der Waals surface area contributed by atoms with Crippen LogP contribution in [0.1, 0.15) is 16.7 Å². The van der Waals surface area contributed by atoms with Crippen molar-refractivity contribution in [2.45, 2.75) is 20.8 Å². The molecule has 3 aromatic rings. The molecule has 112 valence electrons. The molecule has 0 amide bonds. The summed E-state index contributed by atoms with van der Waals surface area (Å²) in [5, 5.41) is 0.537. The number of fused-ring (bicyclic) bond motifs is 1. The van der Waals surface area contributed by atoms with Crippen molar-refractivity contribution < 1.29 is 9.15 Å². The molecule has 0 saturated heterocycles. The molecule has 0 aliphatic rings. The molecule has 0 unspecified atom stereocenters. The fraction of sp³-hybridized carbons (Fsp3) is 0.211. The highest BCUT2D eigenvalue weighted by molar-refractivity contribution is 5.82. The predicted octanol–water partition coefficient (Wildman–Crippen LogP) is 4.39. The van der Waals surface area contributed by atoms with E-state index in [-0.39, 0.29) is 11.2 Å². The van der Waals surface area contributed by atoms with Crippen molar-refractivity contribution in [3.8, 4) is 17.1 Å². The highest BCUT2D eigenvalue weighted by Gasteiger charge is 2.17. The van der Waals surface area contributed by atoms with Crippen molar-refractivity contribution in [2.75, 3.05) is 7.11 Å². The van der Waals surface area contributed by atoms with Gasteiger partial charge in [-0.25, -0.2) is 0 Å². The number of aryl methyl sites for hydroxylation is 3. The third-order valence-corrected chi connectivity index (χ3v) is 3.98. The number of benzene rings is 2. The van der Waals surface area contributed by atoms with E-state index < -0.39 is 0 Å². The van der Waals surface area contributed by atoms with E-state index in [1.807, 2.05) is 44.2 Å². The molecule has 1 heterocycles. The maximum absolute atomic E-state index is 12.6. The SMILES string of the molecule is COc1c(-c2ccc(C)c(C)c2)oc2cc(C)ccc2c1=O. The average Bonchev–Trinajstić information content (AvgIpc) is 2.49. The van der Waals surface area contributed by atoms with Gasteiger partial charge in [-0.1, -0.05) is 18.2 Å². The molecule has 0 fully saturated rings. The minimum atomic E-state index is -0.142. The van der Waals surface area contributed by atoms with Crippen LogP contribution < -0.4 is 10.2 Å². The number of hydrogen-bond donors (Lipinski definition) is 0. The molecule has 0 spiro atoms. The molecule has 0 aliphatic carbocycles. The lowest BCUT2D eigenvalue weighted by Gasteiger charge is -2.10. The summed E-state index contributed by atoms with van der Waals surface area (Å²) in [5.41, 5.74) is 4.68. The van der Waals surface area contributed by atoms with Crippen LogP contribution in [0.25, 0.3) is 22.3 Å². The molecule has 1 aromatic heterocycles. The van der Waals surface area contributed by atoms with Gasteiger partial charge in [0.25, 0.3) is 0 Å². The fourth-order valence-corrected chi connectivity index (χ4v) is 2.54. The van der Waals surface area contributed by atoms with Crippen LogP contribution in [-0.4, -0.2) is 7.11 Å². The number of rotatable bonds is 2. The van der Waals surface area contributed by atoms with Crippen molar-refractivity contribution in [3.05, 3.63) is 63.3 Å². The van der Waals surface area contributed by atoms with Gasteiger partial charge >= 0.3 is 0 Å². The Bertz CT molecular complexity index is 920. The third-order valence-electron chi connectivity index (χ3n) is 3.98. The van der Waals surface area contributed by atoms with Gasteiger partial charge in [0.1, 0.15) is 5.58 Å². The number of ether oxygens (including phenoxy) is 1. The molecule has 3 heteroatoms. The lowest BCUT2D eigenvalue weighted by Crippen LogP contribution is -2.07. The molecule has 22 heavy (non-hydrogen) atoms. The molecule has 0 atom stereocenters. The molecule has 0 saturated carbocycles. The van der Waals surface area contributed by atoms with E-state index in [2.05, 4.69) is 6.92 Å². The summed E-state index contributed by atoms with van der Waals surface area (Å²) in [5.74, 6) is 0.730. The first-order valence-corrected chi connectivity index (χ1v) is 7.20. The molecular weight excluding hydrogens is 276 g/mol. The van der Waals surface area contributed by atoms with Crippen molar-refractivity contribution in [2.24, 2.45) is 0 Å². The summed E-state index contributed by atoms with van der Waals surface area (Å²) in [7, 11) is 1.50. The van der Waals surface area contributed by atoms with Crippen molar-refractivity contribution in [3.63, 3.8) is 0 Å². The van der Waals surface area contributed by atoms with Crippen LogP contribution in [-0.2, 0) is 0 Å². The second-order valence-electron chi connectivity index (χ2n) is 5.59. The van der Waals surface area contributed by atoms with Crippen LogP contribution in [0.3, 0.4) is 0 Å². The van der Waals surface area contributed by atoms with E-state index >= 15 is 0 Å². The summed E-state index contributed by atoms with van der Waals surface area (Å²) in [6.45, 7) is 6.06. The van der Waals surface area contributed by atoms with Crippen LogP contribution in [0.2, 0.25) is 0 Å². The average molecular weight is 294 g/mol. The van der Waals surface area contributed by atoms with Crippen molar-refractivity contribution in [1.29, 1.82) is 0 Å². The van der Waals surface area contributed by atoms with Crippen LogP contribution >= 0.6 is 0 Å². The fourth-order valence-electron chi connectivity index (χ4n) is 2.54. The Labute approximate surface area is 129 Å². The first-order valence-electron chi connectivity index (χ1n) is 7.20. The second-order valence-corrected chi connectivity index (χ2v) is 5.59. The van der Waals surface area contributed by atoms with E-state index in [0.717, 1.165) is 16.7 Å². The van der Waals surface area contributed by atoms with Gasteiger partial charge in [0.2, 0.25) is 11.2 Å². The quantitative estimate of drug-likeness (QED) is 0.703. The van der Waals surface area contributed by atoms with Crippen LogP contribution in [0.5, 0.6) is 5.75 Å². The second kappa shape index (κ2) is 5.34. The van der Waals surface area contributed by atoms with Gasteiger partial charge in [-0.3, -0.25) is 4.79 Å². The number of hydrogen-bond acceptors (Lipinski definition) is 3. The summed E-state index contributed by atoms with van der Waals surface area (Å²) in [6, 6.07) is 11.5. The van der Waals surface area contributed by atoms with Crippen molar-refractivity contribution in [1.82, 2.24) is 0 Å². The monoisotopic (exact) mass is 294 g/mol. The van der Waals surface area contributed by atoms with E-state index in [1.165, 1.54) is 12.7 Å². The Morgan fingerprint density at radius 2 is 1.73 bits per heavy atom. The smallest absolute Gasteiger partial charge is 0.235 e. The third kappa shape index (κ3) is 2.29. The first-order chi connectivity index (χ1) is 10.5. The maximum atomic E-state index is 12.6. The standard InChI is InChI=1S/C19H18O3/c1-11-5-8-15-16(9-11)22-18(19(21-4)17(15)20)14-7-6-12(2)13(3)10-14/h5-10H,1-4H3. The maximum Gasteiger partial charge on any atom is 0.235 e. The zero-order chi connectivity index (χ0) is 15.9. The Hall–Kier alpha value is -2.55. The van der Waals surface area contributed by atoms with Gasteiger partial charge in [-0.05, 0) is 55.7 Å². The highest BCUT2D eigenvalue weighted by atomic mass is 16.5. The van der Waals surface area contributed by atoms with E-state index in [9.17, 15) is 4.79 Å². The van der Waals surface area contributed by atoms with Crippen LogP contribution in [0.4, 0.5) is 0 Å². The molecule has 0 aliphatic heterocycles. The van der Waals surface area contributed by atoms with Gasteiger partial charge in [0, 0.05) is 5.56 Å². The van der Waals surface area contributed by atoms with E-state index in [1.54, 1.807) is 6.07 Å². The van der Waals surface area contributed by atoms with Crippen molar-refractivity contribution >= 4 is 11.0 Å². The van der Waals surface area contributed by atoms with Crippen LogP contribution in [0.15, 0.2) is 45.6 Å². The zero-order valence-corrected chi connectivity index (χ0v) is 13.2. The summed E-state index contributed by atoms with van der Waals surface area (Å²) >= 11 is 0. The molecule has 3 nitrogen and oxygen atoms in total. The van der Waals surface area contributed by atoms with Gasteiger partial charge in [-0.2, -0.15) is 0 Å². The summed E-state index contributed by atoms with van der Waals surface area (Å²) < 4.78 is 11.3. The van der Waals surface area contributed by atoms with Gasteiger partial charge in [0.05, 0.1) is 12.5 Å². The summed E-state index contributed by atoms with van der Waals surface area (Å²) in [4.78, 5) is 12.6. The lowest BCUT2D eigenvalue weighted by molar-refractivity contribution is 0.398. The first kappa shape index (κ1) is 14.4. The van der Waals surface area contributed by atoms with E-state index in [0.29, 0.717) is 16.7 Å². The lowest BCUT2D eigenvalue weighted by atomic mass is 10.0. The Morgan fingerprint density at radius 1 is 0.955 bits per heavy atom. The minimum Gasteiger partial charge on any atom is -0.490 e. The van der Waals surface area contributed by atoms with Gasteiger partial charge in [-0.15, -0.1) is 0 Å². The minimum absolute atomic E-state index is 0.142.